The Morgan fingerprint density at radius 2 is 2.00 bits per heavy atom. The van der Waals surface area contributed by atoms with Crippen LogP contribution in [0.5, 0.6) is 5.75 Å². The highest BCUT2D eigenvalue weighted by Gasteiger charge is 2.26. The predicted molar refractivity (Wildman–Crippen MR) is 113 cm³/mol. The molecule has 1 atom stereocenters. The molecule has 1 aromatic heterocycles. The number of hydrogen-bond donors (Lipinski definition) is 2. The van der Waals surface area contributed by atoms with Crippen LogP contribution in [0.25, 0.3) is 10.9 Å². The van der Waals surface area contributed by atoms with E-state index in [9.17, 15) is 9.90 Å². The Kier molecular flexibility index (Phi) is 6.64. The average molecular weight is 415 g/mol. The Morgan fingerprint density at radius 1 is 1.17 bits per heavy atom. The fraction of sp³-hybridized carbons (Fsp3) is 0.591. The van der Waals surface area contributed by atoms with Gasteiger partial charge < -0.3 is 19.8 Å². The van der Waals surface area contributed by atoms with E-state index in [1.165, 1.54) is 4.90 Å². The summed E-state index contributed by atoms with van der Waals surface area (Å²) < 4.78 is 5.95. The van der Waals surface area contributed by atoms with Crippen LogP contribution >= 0.6 is 0 Å². The Hall–Kier alpha value is -2.45. The third-order valence-electron chi connectivity index (χ3n) is 6.36. The number of amides is 1. The molecule has 3 heterocycles. The SMILES string of the molecule is O=C(O)N1CCC(c2ncnc3cc(OCCCN4CCC[C@H]4CO)ccc23)CC1. The van der Waals surface area contributed by atoms with Gasteiger partial charge in [0.25, 0.3) is 0 Å². The van der Waals surface area contributed by atoms with Gasteiger partial charge in [0.15, 0.2) is 0 Å². The molecule has 0 saturated carbocycles. The van der Waals surface area contributed by atoms with Gasteiger partial charge in [-0.15, -0.1) is 0 Å². The molecule has 8 heteroatoms. The van der Waals surface area contributed by atoms with Gasteiger partial charge in [-0.05, 0) is 50.8 Å². The first-order valence-corrected chi connectivity index (χ1v) is 10.9. The molecule has 0 spiro atoms. The largest absolute Gasteiger partial charge is 0.493 e. The van der Waals surface area contributed by atoms with Crippen LogP contribution in [0.1, 0.15) is 43.7 Å². The lowest BCUT2D eigenvalue weighted by Crippen LogP contribution is -2.37. The molecule has 30 heavy (non-hydrogen) atoms. The van der Waals surface area contributed by atoms with Crippen molar-refractivity contribution in [2.45, 2.75) is 44.1 Å². The maximum Gasteiger partial charge on any atom is 0.407 e. The van der Waals surface area contributed by atoms with Crippen molar-refractivity contribution in [3.8, 4) is 5.75 Å². The van der Waals surface area contributed by atoms with Crippen LogP contribution in [0, 0.1) is 0 Å². The molecule has 0 bridgehead atoms. The van der Waals surface area contributed by atoms with E-state index in [0.29, 0.717) is 25.7 Å². The van der Waals surface area contributed by atoms with E-state index >= 15 is 0 Å². The maximum atomic E-state index is 11.1. The van der Waals surface area contributed by atoms with Gasteiger partial charge in [0.1, 0.15) is 12.1 Å². The van der Waals surface area contributed by atoms with E-state index in [1.807, 2.05) is 18.2 Å². The lowest BCUT2D eigenvalue weighted by molar-refractivity contribution is 0.132. The average Bonchev–Trinajstić information content (AvgIpc) is 3.24. The van der Waals surface area contributed by atoms with Gasteiger partial charge in [-0.2, -0.15) is 0 Å². The molecule has 0 unspecified atom stereocenters. The van der Waals surface area contributed by atoms with Crippen LogP contribution in [0.3, 0.4) is 0 Å². The quantitative estimate of drug-likeness (QED) is 0.672. The molecule has 8 nitrogen and oxygen atoms in total. The van der Waals surface area contributed by atoms with Crippen molar-refractivity contribution in [1.82, 2.24) is 19.8 Å². The van der Waals surface area contributed by atoms with Crippen molar-refractivity contribution in [2.75, 3.05) is 39.4 Å². The molecule has 2 N–H and O–H groups in total. The Bertz CT molecular complexity index is 869. The highest BCUT2D eigenvalue weighted by molar-refractivity contribution is 5.82. The Morgan fingerprint density at radius 3 is 2.77 bits per heavy atom. The second-order valence-electron chi connectivity index (χ2n) is 8.20. The molecule has 4 rings (SSSR count). The number of hydrogen-bond acceptors (Lipinski definition) is 6. The van der Waals surface area contributed by atoms with E-state index in [-0.39, 0.29) is 12.5 Å². The summed E-state index contributed by atoms with van der Waals surface area (Å²) in [6.45, 7) is 3.96. The van der Waals surface area contributed by atoms with Gasteiger partial charge in [0.2, 0.25) is 0 Å². The summed E-state index contributed by atoms with van der Waals surface area (Å²) in [6.07, 6.45) is 5.47. The van der Waals surface area contributed by atoms with Gasteiger partial charge in [0.05, 0.1) is 24.4 Å². The number of nitrogens with zero attached hydrogens (tertiary/aromatic N) is 4. The summed E-state index contributed by atoms with van der Waals surface area (Å²) in [5.74, 6) is 1.05. The third-order valence-corrected chi connectivity index (χ3v) is 6.36. The van der Waals surface area contributed by atoms with E-state index in [4.69, 9.17) is 9.84 Å². The molecule has 2 fully saturated rings. The summed E-state index contributed by atoms with van der Waals surface area (Å²) >= 11 is 0. The number of benzene rings is 1. The second kappa shape index (κ2) is 9.57. The highest BCUT2D eigenvalue weighted by Crippen LogP contribution is 2.32. The van der Waals surface area contributed by atoms with Gasteiger partial charge in [0, 0.05) is 43.0 Å². The van der Waals surface area contributed by atoms with Gasteiger partial charge in [-0.25, -0.2) is 14.8 Å². The lowest BCUT2D eigenvalue weighted by atomic mass is 9.91. The molecule has 2 saturated heterocycles. The molecule has 162 valence electrons. The first-order chi connectivity index (χ1) is 14.7. The molecular weight excluding hydrogens is 384 g/mol. The summed E-state index contributed by atoms with van der Waals surface area (Å²) in [6, 6.07) is 6.25. The van der Waals surface area contributed by atoms with Crippen molar-refractivity contribution in [1.29, 1.82) is 0 Å². The minimum Gasteiger partial charge on any atom is -0.493 e. The van der Waals surface area contributed by atoms with Crippen molar-refractivity contribution in [3.63, 3.8) is 0 Å². The normalized spacial score (nSPS) is 20.7. The summed E-state index contributed by atoms with van der Waals surface area (Å²) in [4.78, 5) is 23.9. The standard InChI is InChI=1S/C22H30N4O4/c27-14-17-3-1-8-25(17)9-2-12-30-18-4-5-19-20(13-18)23-15-24-21(19)16-6-10-26(11-7-16)22(28)29/h4-5,13,15-17,27H,1-3,6-12,14H2,(H,28,29)/t17-/m0/s1. The Balaban J connectivity index is 1.35. The molecule has 0 radical (unpaired) electrons. The van der Waals surface area contributed by atoms with E-state index in [0.717, 1.165) is 67.5 Å². The van der Waals surface area contributed by atoms with E-state index in [2.05, 4.69) is 14.9 Å². The number of aliphatic hydroxyl groups is 1. The number of carboxylic acid groups (broad SMARTS) is 1. The minimum absolute atomic E-state index is 0.239. The van der Waals surface area contributed by atoms with Gasteiger partial charge in [-0.1, -0.05) is 0 Å². The zero-order valence-electron chi connectivity index (χ0n) is 17.2. The minimum atomic E-state index is -0.848. The lowest BCUT2D eigenvalue weighted by Gasteiger charge is -2.30. The first-order valence-electron chi connectivity index (χ1n) is 10.9. The van der Waals surface area contributed by atoms with Crippen molar-refractivity contribution in [2.24, 2.45) is 0 Å². The maximum absolute atomic E-state index is 11.1. The van der Waals surface area contributed by atoms with Crippen LogP contribution in [0.4, 0.5) is 4.79 Å². The molecule has 2 aliphatic rings. The number of likely N-dealkylation sites (tertiary alicyclic amines) is 2. The smallest absolute Gasteiger partial charge is 0.407 e. The zero-order valence-corrected chi connectivity index (χ0v) is 17.2. The number of carbonyl (C=O) groups is 1. The van der Waals surface area contributed by atoms with E-state index < -0.39 is 6.09 Å². The molecule has 2 aromatic rings. The molecule has 1 aromatic carbocycles. The number of piperidine rings is 1. The van der Waals surface area contributed by atoms with Crippen molar-refractivity contribution >= 4 is 17.0 Å². The number of aliphatic hydroxyl groups excluding tert-OH is 1. The fourth-order valence-electron chi connectivity index (χ4n) is 4.67. The van der Waals surface area contributed by atoms with Gasteiger partial charge in [-0.3, -0.25) is 4.90 Å². The van der Waals surface area contributed by atoms with Crippen LogP contribution in [0.2, 0.25) is 0 Å². The molecule has 1 amide bonds. The monoisotopic (exact) mass is 414 g/mol. The van der Waals surface area contributed by atoms with Crippen molar-refractivity contribution in [3.05, 3.63) is 30.2 Å². The summed E-state index contributed by atoms with van der Waals surface area (Å²) in [5, 5.41) is 19.6. The summed E-state index contributed by atoms with van der Waals surface area (Å²) in [7, 11) is 0. The van der Waals surface area contributed by atoms with Crippen LogP contribution in [-0.4, -0.2) is 81.5 Å². The van der Waals surface area contributed by atoms with E-state index in [1.54, 1.807) is 6.33 Å². The predicted octanol–water partition coefficient (Wildman–Crippen LogP) is 2.71. The topological polar surface area (TPSA) is 99.0 Å². The summed E-state index contributed by atoms with van der Waals surface area (Å²) in [5.41, 5.74) is 1.86. The number of aromatic nitrogens is 2. The van der Waals surface area contributed by atoms with Gasteiger partial charge >= 0.3 is 6.09 Å². The third kappa shape index (κ3) is 4.65. The molecular formula is C22H30N4O4. The van der Waals surface area contributed by atoms with Crippen LogP contribution in [0.15, 0.2) is 24.5 Å². The number of ether oxygens (including phenoxy) is 1. The second-order valence-corrected chi connectivity index (χ2v) is 8.20. The zero-order chi connectivity index (χ0) is 20.9. The number of rotatable bonds is 7. The highest BCUT2D eigenvalue weighted by atomic mass is 16.5. The Labute approximate surface area is 176 Å². The van der Waals surface area contributed by atoms with Crippen molar-refractivity contribution < 1.29 is 19.7 Å². The first kappa shape index (κ1) is 20.8. The molecule has 0 aliphatic carbocycles. The van der Waals surface area contributed by atoms with Crippen LogP contribution in [-0.2, 0) is 0 Å². The fourth-order valence-corrected chi connectivity index (χ4v) is 4.67. The van der Waals surface area contributed by atoms with Crippen LogP contribution < -0.4 is 4.74 Å². The number of fused-ring (bicyclic) bond motifs is 1. The molecule has 2 aliphatic heterocycles.